The first-order valence-corrected chi connectivity index (χ1v) is 7.64. The Bertz CT molecular complexity index is 806. The smallest absolute Gasteiger partial charge is 0.337 e. The molecule has 0 aliphatic carbocycles. The van der Waals surface area contributed by atoms with Crippen molar-refractivity contribution in [1.82, 2.24) is 4.98 Å². The summed E-state index contributed by atoms with van der Waals surface area (Å²) in [5, 5.41) is 8.72. The molecule has 21 heavy (non-hydrogen) atoms. The number of pyridine rings is 1. The first-order chi connectivity index (χ1) is 9.81. The fourth-order valence-corrected chi connectivity index (χ4v) is 3.05. The topological polar surface area (TPSA) is 96.4 Å². The van der Waals surface area contributed by atoms with Crippen molar-refractivity contribution in [3.63, 3.8) is 0 Å². The van der Waals surface area contributed by atoms with Gasteiger partial charge in [0.2, 0.25) is 0 Å². The standard InChI is InChI=1S/C13H11ClN2O4S/c1-8-3-2-6-15-12(8)16-21(19,20)9-4-5-10(13(17)18)11(14)7-9/h2-7H,1H3,(H,15,16)(H,17,18). The Morgan fingerprint density at radius 3 is 2.62 bits per heavy atom. The number of benzene rings is 1. The van der Waals surface area contributed by atoms with Crippen molar-refractivity contribution in [3.05, 3.63) is 52.7 Å². The third-order valence-corrected chi connectivity index (χ3v) is 4.37. The predicted octanol–water partition coefficient (Wildman–Crippen LogP) is 2.54. The molecule has 1 aromatic carbocycles. The van der Waals surface area contributed by atoms with Crippen LogP contribution >= 0.6 is 11.6 Å². The quantitative estimate of drug-likeness (QED) is 0.900. The van der Waals surface area contributed by atoms with Crippen molar-refractivity contribution >= 4 is 33.4 Å². The number of carboxylic acids is 1. The highest BCUT2D eigenvalue weighted by atomic mass is 35.5. The van der Waals surface area contributed by atoms with Crippen LogP contribution in [0.3, 0.4) is 0 Å². The van der Waals surface area contributed by atoms with E-state index in [0.29, 0.717) is 5.56 Å². The van der Waals surface area contributed by atoms with Gasteiger partial charge in [-0.1, -0.05) is 17.7 Å². The summed E-state index contributed by atoms with van der Waals surface area (Å²) in [6.07, 6.45) is 1.46. The maximum atomic E-state index is 12.2. The highest BCUT2D eigenvalue weighted by Gasteiger charge is 2.19. The minimum Gasteiger partial charge on any atom is -0.478 e. The van der Waals surface area contributed by atoms with Gasteiger partial charge >= 0.3 is 5.97 Å². The van der Waals surface area contributed by atoms with Crippen molar-refractivity contribution in [3.8, 4) is 0 Å². The van der Waals surface area contributed by atoms with E-state index in [1.165, 1.54) is 12.3 Å². The van der Waals surface area contributed by atoms with E-state index in [-0.39, 0.29) is 21.3 Å². The third-order valence-electron chi connectivity index (χ3n) is 2.72. The zero-order valence-electron chi connectivity index (χ0n) is 10.9. The number of hydrogen-bond acceptors (Lipinski definition) is 4. The van der Waals surface area contributed by atoms with Gasteiger partial charge in [-0.25, -0.2) is 18.2 Å². The van der Waals surface area contributed by atoms with Crippen LogP contribution in [0.25, 0.3) is 0 Å². The minimum atomic E-state index is -3.89. The maximum absolute atomic E-state index is 12.2. The van der Waals surface area contributed by atoms with Crippen LogP contribution < -0.4 is 4.72 Å². The zero-order chi connectivity index (χ0) is 15.6. The Morgan fingerprint density at radius 1 is 1.33 bits per heavy atom. The second kappa shape index (κ2) is 5.71. The van der Waals surface area contributed by atoms with Crippen molar-refractivity contribution in [2.75, 3.05) is 4.72 Å². The van der Waals surface area contributed by atoms with Crippen LogP contribution in [0.5, 0.6) is 0 Å². The van der Waals surface area contributed by atoms with Gasteiger partial charge in [-0.15, -0.1) is 0 Å². The SMILES string of the molecule is Cc1cccnc1NS(=O)(=O)c1ccc(C(=O)O)c(Cl)c1. The lowest BCUT2D eigenvalue weighted by Crippen LogP contribution is -2.15. The van der Waals surface area contributed by atoms with Gasteiger partial charge in [0.1, 0.15) is 5.82 Å². The van der Waals surface area contributed by atoms with Gasteiger partial charge in [-0.05, 0) is 36.8 Å². The Hall–Kier alpha value is -2.12. The molecular weight excluding hydrogens is 316 g/mol. The molecule has 0 spiro atoms. The van der Waals surface area contributed by atoms with Crippen molar-refractivity contribution in [2.45, 2.75) is 11.8 Å². The van der Waals surface area contributed by atoms with Crippen LogP contribution in [0.15, 0.2) is 41.4 Å². The summed E-state index contributed by atoms with van der Waals surface area (Å²) in [6.45, 7) is 1.71. The van der Waals surface area contributed by atoms with Gasteiger partial charge < -0.3 is 5.11 Å². The molecule has 0 aliphatic heterocycles. The first-order valence-electron chi connectivity index (χ1n) is 5.78. The van der Waals surface area contributed by atoms with Gasteiger partial charge in [0.15, 0.2) is 0 Å². The molecule has 0 saturated carbocycles. The van der Waals surface area contributed by atoms with Gasteiger partial charge in [0.25, 0.3) is 10.0 Å². The lowest BCUT2D eigenvalue weighted by Gasteiger charge is -2.10. The molecule has 8 heteroatoms. The summed E-state index contributed by atoms with van der Waals surface area (Å²) in [4.78, 5) is 14.7. The van der Waals surface area contributed by atoms with E-state index in [4.69, 9.17) is 16.7 Å². The second-order valence-corrected chi connectivity index (χ2v) is 6.31. The molecule has 0 amide bonds. The summed E-state index contributed by atoms with van der Waals surface area (Å²) < 4.78 is 26.8. The summed E-state index contributed by atoms with van der Waals surface area (Å²) in [5.74, 6) is -1.02. The Kier molecular flexibility index (Phi) is 4.15. The largest absolute Gasteiger partial charge is 0.478 e. The summed E-state index contributed by atoms with van der Waals surface area (Å²) in [6, 6.07) is 6.81. The van der Waals surface area contributed by atoms with E-state index in [2.05, 4.69) is 9.71 Å². The van der Waals surface area contributed by atoms with E-state index in [1.54, 1.807) is 19.1 Å². The molecule has 2 rings (SSSR count). The third kappa shape index (κ3) is 3.32. The van der Waals surface area contributed by atoms with Crippen LogP contribution in [0.4, 0.5) is 5.82 Å². The van der Waals surface area contributed by atoms with Crippen LogP contribution in [0.2, 0.25) is 5.02 Å². The average molecular weight is 327 g/mol. The number of anilines is 1. The van der Waals surface area contributed by atoms with Crippen LogP contribution in [0, 0.1) is 6.92 Å². The molecule has 1 aromatic heterocycles. The normalized spacial score (nSPS) is 11.1. The molecule has 1 heterocycles. The molecule has 110 valence electrons. The van der Waals surface area contributed by atoms with Crippen LogP contribution in [-0.2, 0) is 10.0 Å². The molecule has 2 N–H and O–H groups in total. The molecule has 0 fully saturated rings. The summed E-state index contributed by atoms with van der Waals surface area (Å²) in [7, 11) is -3.89. The number of aryl methyl sites for hydroxylation is 1. The number of carbonyl (C=O) groups is 1. The molecule has 0 bridgehead atoms. The number of hydrogen-bond donors (Lipinski definition) is 2. The van der Waals surface area contributed by atoms with Crippen molar-refractivity contribution in [1.29, 1.82) is 0 Å². The second-order valence-electron chi connectivity index (χ2n) is 4.22. The molecule has 0 saturated heterocycles. The molecule has 0 atom stereocenters. The lowest BCUT2D eigenvalue weighted by molar-refractivity contribution is 0.0697. The number of sulfonamides is 1. The van der Waals surface area contributed by atoms with Crippen molar-refractivity contribution in [2.24, 2.45) is 0 Å². The molecule has 0 radical (unpaired) electrons. The first kappa shape index (κ1) is 15.3. The van der Waals surface area contributed by atoms with Crippen LogP contribution in [-0.4, -0.2) is 24.5 Å². The van der Waals surface area contributed by atoms with E-state index in [1.807, 2.05) is 0 Å². The predicted molar refractivity (Wildman–Crippen MR) is 78.2 cm³/mol. The number of halogens is 1. The zero-order valence-corrected chi connectivity index (χ0v) is 12.4. The molecule has 0 unspecified atom stereocenters. The van der Waals surface area contributed by atoms with Gasteiger partial charge in [0, 0.05) is 6.20 Å². The summed E-state index contributed by atoms with van der Waals surface area (Å²) >= 11 is 5.78. The van der Waals surface area contributed by atoms with Gasteiger partial charge in [-0.3, -0.25) is 4.72 Å². The number of aromatic carboxylic acids is 1. The molecule has 6 nitrogen and oxygen atoms in total. The Morgan fingerprint density at radius 2 is 2.05 bits per heavy atom. The number of carboxylic acid groups (broad SMARTS) is 1. The molecule has 2 aromatic rings. The monoisotopic (exact) mass is 326 g/mol. The number of nitrogens with zero attached hydrogens (tertiary/aromatic N) is 1. The molecular formula is C13H11ClN2O4S. The fraction of sp³-hybridized carbons (Fsp3) is 0.0769. The van der Waals surface area contributed by atoms with Gasteiger partial charge in [-0.2, -0.15) is 0 Å². The van der Waals surface area contributed by atoms with Crippen molar-refractivity contribution < 1.29 is 18.3 Å². The van der Waals surface area contributed by atoms with E-state index >= 15 is 0 Å². The highest BCUT2D eigenvalue weighted by molar-refractivity contribution is 7.92. The Labute approximate surface area is 126 Å². The van der Waals surface area contributed by atoms with Gasteiger partial charge in [0.05, 0.1) is 15.5 Å². The van der Waals surface area contributed by atoms with E-state index < -0.39 is 16.0 Å². The number of aromatic nitrogens is 1. The fourth-order valence-electron chi connectivity index (χ4n) is 1.62. The van der Waals surface area contributed by atoms with E-state index in [0.717, 1.165) is 12.1 Å². The average Bonchev–Trinajstić information content (AvgIpc) is 2.40. The van der Waals surface area contributed by atoms with E-state index in [9.17, 15) is 13.2 Å². The minimum absolute atomic E-state index is 0.137. The lowest BCUT2D eigenvalue weighted by atomic mass is 10.2. The highest BCUT2D eigenvalue weighted by Crippen LogP contribution is 2.23. The number of rotatable bonds is 4. The Balaban J connectivity index is 2.39. The maximum Gasteiger partial charge on any atom is 0.337 e. The summed E-state index contributed by atoms with van der Waals surface area (Å²) in [5.41, 5.74) is 0.499. The van der Waals surface area contributed by atoms with Crippen LogP contribution in [0.1, 0.15) is 15.9 Å². The number of nitrogens with one attached hydrogen (secondary N) is 1. The molecule has 0 aliphatic rings.